The summed E-state index contributed by atoms with van der Waals surface area (Å²) in [4.78, 5) is 36.8. The molecule has 25 heavy (non-hydrogen) atoms. The maximum atomic E-state index is 13.0. The number of carbonyl (C=O) groups is 1. The molecule has 8 heteroatoms. The molecule has 0 spiro atoms. The van der Waals surface area contributed by atoms with Gasteiger partial charge in [-0.25, -0.2) is 9.18 Å². The highest BCUT2D eigenvalue weighted by molar-refractivity contribution is 6.03. The minimum Gasteiger partial charge on any atom is -0.384 e. The summed E-state index contributed by atoms with van der Waals surface area (Å²) in [5, 5.41) is 3.06. The van der Waals surface area contributed by atoms with E-state index in [2.05, 4.69) is 5.32 Å². The number of nitrogen functional groups attached to an aromatic ring is 1. The molecule has 0 unspecified atom stereocenters. The van der Waals surface area contributed by atoms with Crippen LogP contribution in [0.5, 0.6) is 0 Å². The largest absolute Gasteiger partial charge is 0.384 e. The molecule has 2 aromatic rings. The molecule has 0 aliphatic rings. The number of Topliss-reactive ketones (excluding diaryl/α,β-unsaturated/α-hetero) is 1. The quantitative estimate of drug-likeness (QED) is 0.776. The number of benzene rings is 1. The summed E-state index contributed by atoms with van der Waals surface area (Å²) < 4.78 is 14.9. The van der Waals surface area contributed by atoms with Crippen LogP contribution < -0.4 is 22.3 Å². The third-order valence-electron chi connectivity index (χ3n) is 4.22. The average molecular weight is 348 g/mol. The zero-order valence-corrected chi connectivity index (χ0v) is 14.5. The molecule has 3 N–H and O–H groups in total. The summed E-state index contributed by atoms with van der Waals surface area (Å²) in [6, 6.07) is 4.92. The Hall–Kier alpha value is -2.74. The fourth-order valence-corrected chi connectivity index (χ4v) is 2.61. The van der Waals surface area contributed by atoms with Crippen molar-refractivity contribution in [3.63, 3.8) is 0 Å². The van der Waals surface area contributed by atoms with Gasteiger partial charge in [-0.1, -0.05) is 12.1 Å². The lowest BCUT2D eigenvalue weighted by Crippen LogP contribution is -2.45. The van der Waals surface area contributed by atoms with E-state index in [1.54, 1.807) is 19.1 Å². The van der Waals surface area contributed by atoms with E-state index in [9.17, 15) is 18.8 Å². The standard InChI is InChI=1S/C17H21FN4O3/c1-9(11-5-7-12(18)8-6-11)20-10(2)14(23)13-15(19)21(3)17(25)22(4)16(13)24/h5-10,20H,19H2,1-4H3/t9-,10+/m1/s1. The molecule has 0 saturated carbocycles. The zero-order chi connectivity index (χ0) is 18.9. The van der Waals surface area contributed by atoms with E-state index in [4.69, 9.17) is 5.73 Å². The van der Waals surface area contributed by atoms with Crippen LogP contribution in [0.2, 0.25) is 0 Å². The number of nitrogens with one attached hydrogen (secondary N) is 1. The van der Waals surface area contributed by atoms with Gasteiger partial charge in [0.2, 0.25) is 0 Å². The van der Waals surface area contributed by atoms with Crippen LogP contribution in [0.15, 0.2) is 33.9 Å². The van der Waals surface area contributed by atoms with Crippen molar-refractivity contribution < 1.29 is 9.18 Å². The van der Waals surface area contributed by atoms with Crippen molar-refractivity contribution in [2.45, 2.75) is 25.9 Å². The van der Waals surface area contributed by atoms with Gasteiger partial charge >= 0.3 is 5.69 Å². The average Bonchev–Trinajstić information content (AvgIpc) is 2.58. The predicted octanol–water partition coefficient (Wildman–Crippen LogP) is 0.727. The van der Waals surface area contributed by atoms with Crippen LogP contribution in [0.4, 0.5) is 10.2 Å². The van der Waals surface area contributed by atoms with E-state index < -0.39 is 23.1 Å². The van der Waals surface area contributed by atoms with Gasteiger partial charge in [-0.2, -0.15) is 0 Å². The Morgan fingerprint density at radius 2 is 1.68 bits per heavy atom. The minimum absolute atomic E-state index is 0.166. The molecule has 7 nitrogen and oxygen atoms in total. The molecule has 0 saturated heterocycles. The van der Waals surface area contributed by atoms with E-state index in [1.807, 2.05) is 6.92 Å². The predicted molar refractivity (Wildman–Crippen MR) is 93.1 cm³/mol. The van der Waals surface area contributed by atoms with Gasteiger partial charge in [0.25, 0.3) is 5.56 Å². The summed E-state index contributed by atoms with van der Waals surface area (Å²) in [5.74, 6) is -1.02. The number of nitrogens with zero attached hydrogens (tertiary/aromatic N) is 2. The van der Waals surface area contributed by atoms with Crippen molar-refractivity contribution in [1.82, 2.24) is 14.5 Å². The van der Waals surface area contributed by atoms with Crippen LogP contribution in [0, 0.1) is 5.82 Å². The number of hydrogen-bond donors (Lipinski definition) is 2. The molecule has 0 bridgehead atoms. The van der Waals surface area contributed by atoms with Gasteiger partial charge in [-0.15, -0.1) is 0 Å². The molecule has 0 aliphatic heterocycles. The Kier molecular flexibility index (Phi) is 5.22. The number of rotatable bonds is 5. The lowest BCUT2D eigenvalue weighted by Gasteiger charge is -2.20. The summed E-state index contributed by atoms with van der Waals surface area (Å²) >= 11 is 0. The van der Waals surface area contributed by atoms with Gasteiger partial charge in [0, 0.05) is 20.1 Å². The van der Waals surface area contributed by atoms with Crippen molar-refractivity contribution in [2.75, 3.05) is 5.73 Å². The second kappa shape index (κ2) is 7.02. The third kappa shape index (κ3) is 3.53. The molecule has 134 valence electrons. The van der Waals surface area contributed by atoms with E-state index >= 15 is 0 Å². The lowest BCUT2D eigenvalue weighted by molar-refractivity contribution is 0.0943. The lowest BCUT2D eigenvalue weighted by atomic mass is 10.0. The molecule has 1 heterocycles. The first-order chi connectivity index (χ1) is 11.6. The van der Waals surface area contributed by atoms with E-state index in [1.165, 1.54) is 26.2 Å². The van der Waals surface area contributed by atoms with E-state index in [0.29, 0.717) is 0 Å². The summed E-state index contributed by atoms with van der Waals surface area (Å²) in [6.07, 6.45) is 0. The highest BCUT2D eigenvalue weighted by Crippen LogP contribution is 2.15. The monoisotopic (exact) mass is 348 g/mol. The van der Waals surface area contributed by atoms with Crippen LogP contribution >= 0.6 is 0 Å². The first-order valence-corrected chi connectivity index (χ1v) is 7.76. The van der Waals surface area contributed by atoms with Gasteiger partial charge < -0.3 is 11.1 Å². The Bertz CT molecular complexity index is 915. The second-order valence-corrected chi connectivity index (χ2v) is 5.99. The molecule has 0 radical (unpaired) electrons. The molecule has 2 atom stereocenters. The number of aromatic nitrogens is 2. The minimum atomic E-state index is -0.729. The Morgan fingerprint density at radius 1 is 1.12 bits per heavy atom. The highest BCUT2D eigenvalue weighted by Gasteiger charge is 2.25. The first-order valence-electron chi connectivity index (χ1n) is 7.76. The molecule has 0 amide bonds. The van der Waals surface area contributed by atoms with Crippen LogP contribution in [-0.2, 0) is 14.1 Å². The van der Waals surface area contributed by atoms with E-state index in [-0.39, 0.29) is 23.2 Å². The maximum Gasteiger partial charge on any atom is 0.332 e. The van der Waals surface area contributed by atoms with Crippen molar-refractivity contribution in [2.24, 2.45) is 14.1 Å². The molecule has 2 rings (SSSR count). The van der Waals surface area contributed by atoms with Crippen LogP contribution in [0.1, 0.15) is 35.8 Å². The Labute approximate surface area is 143 Å². The molecular formula is C17H21FN4O3. The van der Waals surface area contributed by atoms with Gasteiger partial charge in [-0.05, 0) is 31.5 Å². The second-order valence-electron chi connectivity index (χ2n) is 5.99. The van der Waals surface area contributed by atoms with Crippen molar-refractivity contribution in [3.05, 3.63) is 62.0 Å². The zero-order valence-electron chi connectivity index (χ0n) is 14.5. The molecule has 0 fully saturated rings. The first kappa shape index (κ1) is 18.6. The van der Waals surface area contributed by atoms with Gasteiger partial charge in [0.15, 0.2) is 5.78 Å². The highest BCUT2D eigenvalue weighted by atomic mass is 19.1. The topological polar surface area (TPSA) is 99.1 Å². The maximum absolute atomic E-state index is 13.0. The van der Waals surface area contributed by atoms with Crippen LogP contribution in [-0.4, -0.2) is 21.0 Å². The number of hydrogen-bond acceptors (Lipinski definition) is 5. The van der Waals surface area contributed by atoms with E-state index in [0.717, 1.165) is 14.7 Å². The molecule has 1 aromatic carbocycles. The van der Waals surface area contributed by atoms with Crippen molar-refractivity contribution in [3.8, 4) is 0 Å². The Balaban J connectivity index is 2.30. The number of halogens is 1. The number of ketones is 1. The van der Waals surface area contributed by atoms with Gasteiger partial charge in [0.1, 0.15) is 17.2 Å². The molecule has 0 aliphatic carbocycles. The number of nitrogens with two attached hydrogens (primary N) is 1. The van der Waals surface area contributed by atoms with Crippen molar-refractivity contribution >= 4 is 11.6 Å². The number of carbonyl (C=O) groups excluding carboxylic acids is 1. The van der Waals surface area contributed by atoms with Gasteiger partial charge in [-0.3, -0.25) is 18.7 Å². The fourth-order valence-electron chi connectivity index (χ4n) is 2.61. The third-order valence-corrected chi connectivity index (χ3v) is 4.22. The van der Waals surface area contributed by atoms with Crippen LogP contribution in [0.25, 0.3) is 0 Å². The smallest absolute Gasteiger partial charge is 0.332 e. The van der Waals surface area contributed by atoms with Gasteiger partial charge in [0.05, 0.1) is 6.04 Å². The normalized spacial score (nSPS) is 13.5. The fraction of sp³-hybridized carbons (Fsp3) is 0.353. The summed E-state index contributed by atoms with van der Waals surface area (Å²) in [6.45, 7) is 3.42. The van der Waals surface area contributed by atoms with Crippen LogP contribution in [0.3, 0.4) is 0 Å². The SMILES string of the molecule is C[C@H](N[C@H](C)c1ccc(F)cc1)C(=O)c1c(N)n(C)c(=O)n(C)c1=O. The number of anilines is 1. The Morgan fingerprint density at radius 3 is 2.24 bits per heavy atom. The molecular weight excluding hydrogens is 327 g/mol. The molecule has 1 aromatic heterocycles. The van der Waals surface area contributed by atoms with Crippen molar-refractivity contribution in [1.29, 1.82) is 0 Å². The summed E-state index contributed by atoms with van der Waals surface area (Å²) in [7, 11) is 2.69. The summed E-state index contributed by atoms with van der Waals surface area (Å²) in [5.41, 5.74) is 5.05.